The first kappa shape index (κ1) is 19.8. The van der Waals surface area contributed by atoms with Crippen molar-refractivity contribution in [1.82, 2.24) is 4.67 Å². The SMILES string of the molecule is CC(C)N(C(C)C)[P+](O)(O)OC(CCC#N)C1CCOCC1. The van der Waals surface area contributed by atoms with Gasteiger partial charge in [0, 0.05) is 31.7 Å². The lowest BCUT2D eigenvalue weighted by Crippen LogP contribution is -2.40. The number of nitriles is 1. The van der Waals surface area contributed by atoms with Gasteiger partial charge < -0.3 is 4.74 Å². The van der Waals surface area contributed by atoms with Crippen molar-refractivity contribution in [2.45, 2.75) is 71.6 Å². The number of ether oxygens (including phenoxy) is 1. The molecule has 0 radical (unpaired) electrons. The first-order valence-electron chi connectivity index (χ1n) is 8.06. The lowest BCUT2D eigenvalue weighted by atomic mass is 9.91. The van der Waals surface area contributed by atoms with Gasteiger partial charge in [0.25, 0.3) is 0 Å². The summed E-state index contributed by atoms with van der Waals surface area (Å²) >= 11 is 0. The Labute approximate surface area is 134 Å². The third-order valence-electron chi connectivity index (χ3n) is 3.97. The van der Waals surface area contributed by atoms with E-state index in [0.717, 1.165) is 12.8 Å². The Bertz CT molecular complexity index is 357. The highest BCUT2D eigenvalue weighted by Gasteiger charge is 2.51. The fraction of sp³-hybridized carbons (Fsp3) is 0.933. The molecule has 0 saturated carbocycles. The van der Waals surface area contributed by atoms with Crippen LogP contribution >= 0.6 is 8.09 Å². The highest BCUT2D eigenvalue weighted by molar-refractivity contribution is 7.57. The van der Waals surface area contributed by atoms with Crippen molar-refractivity contribution in [3.63, 3.8) is 0 Å². The minimum atomic E-state index is -3.64. The molecule has 1 heterocycles. The largest absolute Gasteiger partial charge is 0.499 e. The van der Waals surface area contributed by atoms with Crippen molar-refractivity contribution in [2.75, 3.05) is 13.2 Å². The van der Waals surface area contributed by atoms with Crippen LogP contribution in [0.2, 0.25) is 0 Å². The fourth-order valence-corrected chi connectivity index (χ4v) is 5.06. The van der Waals surface area contributed by atoms with Gasteiger partial charge >= 0.3 is 8.09 Å². The minimum Gasteiger partial charge on any atom is -0.381 e. The Morgan fingerprint density at radius 3 is 2.23 bits per heavy atom. The highest BCUT2D eigenvalue weighted by Crippen LogP contribution is 2.59. The Morgan fingerprint density at radius 2 is 1.77 bits per heavy atom. The van der Waals surface area contributed by atoms with E-state index in [2.05, 4.69) is 6.07 Å². The quantitative estimate of drug-likeness (QED) is 0.664. The second-order valence-corrected chi connectivity index (χ2v) is 8.07. The summed E-state index contributed by atoms with van der Waals surface area (Å²) in [7, 11) is -3.64. The average molecular weight is 333 g/mol. The second-order valence-electron chi connectivity index (χ2n) is 6.37. The van der Waals surface area contributed by atoms with Crippen LogP contribution in [0.3, 0.4) is 0 Å². The summed E-state index contributed by atoms with van der Waals surface area (Å²) in [5.74, 6) is 0.210. The number of hydrogen-bond acceptors (Lipinski definition) is 6. The fourth-order valence-electron chi connectivity index (χ4n) is 3.10. The molecule has 22 heavy (non-hydrogen) atoms. The molecule has 1 aliphatic heterocycles. The zero-order valence-corrected chi connectivity index (χ0v) is 15.0. The molecule has 0 aromatic rings. The predicted molar refractivity (Wildman–Crippen MR) is 86.7 cm³/mol. The van der Waals surface area contributed by atoms with Crippen LogP contribution in [0.15, 0.2) is 0 Å². The van der Waals surface area contributed by atoms with Crippen molar-refractivity contribution < 1.29 is 19.0 Å². The lowest BCUT2D eigenvalue weighted by Gasteiger charge is -2.34. The van der Waals surface area contributed by atoms with E-state index in [1.807, 2.05) is 27.7 Å². The highest BCUT2D eigenvalue weighted by atomic mass is 31.2. The van der Waals surface area contributed by atoms with Crippen molar-refractivity contribution in [1.29, 1.82) is 5.26 Å². The molecule has 1 aliphatic rings. The van der Waals surface area contributed by atoms with Crippen LogP contribution in [0.4, 0.5) is 0 Å². The molecule has 0 spiro atoms. The Balaban J connectivity index is 2.83. The zero-order valence-electron chi connectivity index (χ0n) is 14.1. The summed E-state index contributed by atoms with van der Waals surface area (Å²) < 4.78 is 12.8. The molecule has 1 atom stereocenters. The molecular weight excluding hydrogens is 303 g/mol. The topological polar surface area (TPSA) is 86.0 Å². The van der Waals surface area contributed by atoms with Crippen LogP contribution in [-0.4, -0.2) is 45.9 Å². The van der Waals surface area contributed by atoms with E-state index in [1.165, 1.54) is 0 Å². The zero-order chi connectivity index (χ0) is 16.8. The monoisotopic (exact) mass is 333 g/mol. The Morgan fingerprint density at radius 1 is 1.23 bits per heavy atom. The van der Waals surface area contributed by atoms with Crippen LogP contribution in [0.5, 0.6) is 0 Å². The normalized spacial score (nSPS) is 18.9. The summed E-state index contributed by atoms with van der Waals surface area (Å²) in [5, 5.41) is 8.84. The Kier molecular flexibility index (Phi) is 8.20. The van der Waals surface area contributed by atoms with Crippen molar-refractivity contribution in [3.8, 4) is 6.07 Å². The first-order valence-corrected chi connectivity index (χ1v) is 9.62. The molecule has 0 aromatic carbocycles. The van der Waals surface area contributed by atoms with Gasteiger partial charge in [-0.3, -0.25) is 0 Å². The molecule has 0 aliphatic carbocycles. The van der Waals surface area contributed by atoms with E-state index >= 15 is 0 Å². The maximum Gasteiger partial charge on any atom is 0.499 e. The molecule has 7 heteroatoms. The summed E-state index contributed by atoms with van der Waals surface area (Å²) in [6.07, 6.45) is 2.23. The number of hydrogen-bond donors (Lipinski definition) is 2. The predicted octanol–water partition coefficient (Wildman–Crippen LogP) is 2.88. The van der Waals surface area contributed by atoms with Crippen LogP contribution in [-0.2, 0) is 9.26 Å². The number of nitrogens with zero attached hydrogens (tertiary/aromatic N) is 2. The van der Waals surface area contributed by atoms with Crippen LogP contribution in [0, 0.1) is 17.2 Å². The summed E-state index contributed by atoms with van der Waals surface area (Å²) in [4.78, 5) is 21.1. The first-order chi connectivity index (χ1) is 10.3. The standard InChI is InChI=1S/C15H30N2O4P/c1-12(2)17(13(3)4)22(18,19)21-15(6-5-9-16)14-7-10-20-11-8-14/h12-15,18-19H,5-8,10-11H2,1-4H3/q+1. The van der Waals surface area contributed by atoms with Crippen LogP contribution in [0.1, 0.15) is 53.4 Å². The third-order valence-corrected chi connectivity index (χ3v) is 6.05. The molecule has 0 aromatic heterocycles. The summed E-state index contributed by atoms with van der Waals surface area (Å²) in [6.45, 7) is 9.01. The van der Waals surface area contributed by atoms with E-state index < -0.39 is 8.09 Å². The van der Waals surface area contributed by atoms with E-state index in [9.17, 15) is 9.79 Å². The van der Waals surface area contributed by atoms with E-state index in [-0.39, 0.29) is 24.1 Å². The molecule has 1 saturated heterocycles. The van der Waals surface area contributed by atoms with Gasteiger partial charge in [0.05, 0.1) is 6.07 Å². The summed E-state index contributed by atoms with van der Waals surface area (Å²) in [6, 6.07) is 2.06. The third kappa shape index (κ3) is 5.73. The van der Waals surface area contributed by atoms with Gasteiger partial charge in [-0.2, -0.15) is 19.6 Å². The molecule has 1 rings (SSSR count). The van der Waals surface area contributed by atoms with E-state index in [1.54, 1.807) is 4.67 Å². The van der Waals surface area contributed by atoms with Crippen LogP contribution < -0.4 is 0 Å². The van der Waals surface area contributed by atoms with Gasteiger partial charge in [-0.15, -0.1) is 0 Å². The molecule has 1 fully saturated rings. The van der Waals surface area contributed by atoms with Crippen molar-refractivity contribution in [3.05, 3.63) is 0 Å². The minimum absolute atomic E-state index is 0.0327. The van der Waals surface area contributed by atoms with Gasteiger partial charge in [0.15, 0.2) is 0 Å². The van der Waals surface area contributed by atoms with Gasteiger partial charge in [-0.1, -0.05) is 4.67 Å². The second kappa shape index (κ2) is 9.12. The smallest absolute Gasteiger partial charge is 0.381 e. The maximum atomic E-state index is 10.6. The molecule has 2 N–H and O–H groups in total. The Hall–Kier alpha value is -0.280. The van der Waals surface area contributed by atoms with Gasteiger partial charge in [-0.25, -0.2) is 0 Å². The average Bonchev–Trinajstić information content (AvgIpc) is 2.43. The van der Waals surface area contributed by atoms with Gasteiger partial charge in [-0.05, 0) is 52.9 Å². The molecule has 0 bridgehead atoms. The van der Waals surface area contributed by atoms with Crippen molar-refractivity contribution >= 4 is 8.09 Å². The lowest BCUT2D eigenvalue weighted by molar-refractivity contribution is -0.00267. The van der Waals surface area contributed by atoms with Crippen molar-refractivity contribution in [2.24, 2.45) is 5.92 Å². The maximum absolute atomic E-state index is 10.6. The van der Waals surface area contributed by atoms with E-state index in [4.69, 9.17) is 14.5 Å². The molecule has 0 amide bonds. The van der Waals surface area contributed by atoms with E-state index in [0.29, 0.717) is 26.1 Å². The summed E-state index contributed by atoms with van der Waals surface area (Å²) in [5.41, 5.74) is 0. The molecular formula is C15H30N2O4P+. The molecule has 6 nitrogen and oxygen atoms in total. The van der Waals surface area contributed by atoms with Gasteiger partial charge in [0.2, 0.25) is 0 Å². The number of rotatable bonds is 8. The molecule has 128 valence electrons. The molecule has 1 unspecified atom stereocenters. The van der Waals surface area contributed by atoms with Crippen LogP contribution in [0.25, 0.3) is 0 Å². The van der Waals surface area contributed by atoms with Gasteiger partial charge in [0.1, 0.15) is 6.10 Å².